The third-order valence-corrected chi connectivity index (χ3v) is 8.07. The number of nitrogens with two attached hydrogens (primary N) is 1. The Hall–Kier alpha value is -4.30. The van der Waals surface area contributed by atoms with Crippen LogP contribution in [-0.2, 0) is 40.3 Å². The number of anilines is 2. The molecule has 14 heteroatoms. The van der Waals surface area contributed by atoms with E-state index in [4.69, 9.17) is 10.5 Å². The lowest BCUT2D eigenvalue weighted by Crippen LogP contribution is -2.39. The third-order valence-electron chi connectivity index (χ3n) is 6.36. The molecule has 0 fully saturated rings. The van der Waals surface area contributed by atoms with Crippen molar-refractivity contribution in [3.05, 3.63) is 77.9 Å². The molecule has 3 heterocycles. The van der Waals surface area contributed by atoms with Crippen molar-refractivity contribution >= 4 is 42.3 Å². The summed E-state index contributed by atoms with van der Waals surface area (Å²) in [7, 11) is -1.30. The Balaban J connectivity index is 1.55. The molecule has 0 bridgehead atoms. The molecule has 0 unspecified atom stereocenters. The number of benzene rings is 1. The number of nitrogens with one attached hydrogen (secondary N) is 1. The summed E-state index contributed by atoms with van der Waals surface area (Å²) in [6, 6.07) is 11.9. The van der Waals surface area contributed by atoms with Crippen LogP contribution in [0.1, 0.15) is 16.8 Å². The summed E-state index contributed by atoms with van der Waals surface area (Å²) in [5, 5.41) is 7.41. The lowest BCUT2D eigenvalue weighted by molar-refractivity contribution is -0.144. The quantitative estimate of drug-likeness (QED) is 0.151. The Morgan fingerprint density at radius 1 is 1.02 bits per heavy atom. The van der Waals surface area contributed by atoms with Crippen LogP contribution in [0.4, 0.5) is 24.7 Å². The molecule has 2 amide bonds. The molecule has 3 aromatic heterocycles. The zero-order valence-corrected chi connectivity index (χ0v) is 24.5. The number of rotatable bonds is 10. The van der Waals surface area contributed by atoms with Crippen molar-refractivity contribution in [2.75, 3.05) is 17.7 Å². The van der Waals surface area contributed by atoms with Gasteiger partial charge in [0.05, 0.1) is 46.8 Å². The fourth-order valence-corrected chi connectivity index (χ4v) is 4.80. The minimum absolute atomic E-state index is 0.0219. The predicted octanol–water partition coefficient (Wildman–Crippen LogP) is 4.91. The van der Waals surface area contributed by atoms with Crippen LogP contribution in [0.15, 0.2) is 61.1 Å². The molecule has 0 aliphatic rings. The number of carbonyl (C=O) groups is 2. The van der Waals surface area contributed by atoms with Crippen molar-refractivity contribution in [2.45, 2.75) is 51.7 Å². The maximum absolute atomic E-state index is 13.4. The summed E-state index contributed by atoms with van der Waals surface area (Å²) in [5.41, 5.74) is 6.67. The van der Waals surface area contributed by atoms with Crippen molar-refractivity contribution < 1.29 is 27.5 Å². The number of halogens is 3. The monoisotopic (exact) mass is 599 g/mol. The van der Waals surface area contributed by atoms with Crippen LogP contribution in [0.25, 0.3) is 10.9 Å². The molecule has 0 atom stereocenters. The molecular formula is C28H32F3N7O3Si. The Morgan fingerprint density at radius 3 is 2.40 bits per heavy atom. The van der Waals surface area contributed by atoms with Crippen LogP contribution in [0.2, 0.25) is 25.7 Å². The smallest absolute Gasteiger partial charge is 0.383 e. The van der Waals surface area contributed by atoms with Crippen LogP contribution >= 0.6 is 0 Å². The third kappa shape index (κ3) is 7.91. The van der Waals surface area contributed by atoms with Gasteiger partial charge in [0, 0.05) is 27.4 Å². The van der Waals surface area contributed by atoms with Gasteiger partial charge in [-0.1, -0.05) is 50.0 Å². The van der Waals surface area contributed by atoms with Crippen LogP contribution in [0.3, 0.4) is 0 Å². The largest absolute Gasteiger partial charge is 0.417 e. The van der Waals surface area contributed by atoms with E-state index in [9.17, 15) is 22.8 Å². The molecule has 0 aliphatic heterocycles. The van der Waals surface area contributed by atoms with Gasteiger partial charge in [-0.05, 0) is 23.7 Å². The topological polar surface area (TPSA) is 128 Å². The molecule has 4 aromatic rings. The van der Waals surface area contributed by atoms with E-state index in [-0.39, 0.29) is 37.0 Å². The van der Waals surface area contributed by atoms with Gasteiger partial charge in [-0.25, -0.2) is 9.67 Å². The molecular weight excluding hydrogens is 567 g/mol. The van der Waals surface area contributed by atoms with Gasteiger partial charge in [-0.2, -0.15) is 18.3 Å². The molecule has 222 valence electrons. The second-order valence-corrected chi connectivity index (χ2v) is 16.6. The summed E-state index contributed by atoms with van der Waals surface area (Å²) in [6.45, 7) is 7.20. The molecule has 1 aromatic carbocycles. The van der Waals surface area contributed by atoms with E-state index in [1.807, 2.05) is 0 Å². The number of ether oxygens (including phenoxy) is 1. The number of amides is 2. The molecule has 3 N–H and O–H groups in total. The Bertz CT molecular complexity index is 1540. The molecule has 0 aliphatic carbocycles. The maximum atomic E-state index is 13.4. The zero-order chi connectivity index (χ0) is 30.5. The lowest BCUT2D eigenvalue weighted by Gasteiger charge is -2.22. The Labute approximate surface area is 241 Å². The fourth-order valence-electron chi connectivity index (χ4n) is 4.04. The van der Waals surface area contributed by atoms with E-state index in [2.05, 4.69) is 40.0 Å². The minimum atomic E-state index is -4.55. The number of hydrogen-bond donors (Lipinski definition) is 2. The minimum Gasteiger partial charge on any atom is -0.383 e. The first-order valence-corrected chi connectivity index (χ1v) is 16.9. The highest BCUT2D eigenvalue weighted by Gasteiger charge is 2.31. The summed E-state index contributed by atoms with van der Waals surface area (Å²) in [4.78, 5) is 35.9. The maximum Gasteiger partial charge on any atom is 0.417 e. The van der Waals surface area contributed by atoms with Gasteiger partial charge in [0.15, 0.2) is 0 Å². The van der Waals surface area contributed by atoms with Crippen molar-refractivity contribution in [1.29, 1.82) is 0 Å². The van der Waals surface area contributed by atoms with E-state index < -0.39 is 31.6 Å². The number of nitrogen functional groups attached to an aromatic ring is 1. The van der Waals surface area contributed by atoms with Gasteiger partial charge < -0.3 is 20.7 Å². The Morgan fingerprint density at radius 2 is 1.76 bits per heavy atom. The zero-order valence-electron chi connectivity index (χ0n) is 23.5. The number of pyridine rings is 2. The van der Waals surface area contributed by atoms with Gasteiger partial charge >= 0.3 is 18.0 Å². The number of fused-ring (bicyclic) bond motifs is 1. The van der Waals surface area contributed by atoms with Crippen molar-refractivity contribution in [3.63, 3.8) is 0 Å². The van der Waals surface area contributed by atoms with Gasteiger partial charge in [0.2, 0.25) is 0 Å². The summed E-state index contributed by atoms with van der Waals surface area (Å²) < 4.78 is 46.4. The number of alkyl halides is 3. The fraction of sp³-hybridized carbons (Fsp3) is 0.321. The molecule has 0 spiro atoms. The van der Waals surface area contributed by atoms with Crippen molar-refractivity contribution in [1.82, 2.24) is 24.6 Å². The van der Waals surface area contributed by atoms with Gasteiger partial charge in [-0.3, -0.25) is 14.6 Å². The lowest BCUT2D eigenvalue weighted by atomic mass is 10.2. The number of aromatic nitrogens is 4. The molecule has 0 saturated heterocycles. The SMILES string of the molecule is C[Si](C)(C)CCOCn1ncc2c(N)ncc(NC(=O)C(=O)N(Cc3ccccc3)Cc3ccc(C(F)(F)F)cn3)c21. The normalized spacial score (nSPS) is 12.0. The van der Waals surface area contributed by atoms with Gasteiger partial charge in [0.1, 0.15) is 12.5 Å². The van der Waals surface area contributed by atoms with Gasteiger partial charge in [-0.15, -0.1) is 0 Å². The summed E-state index contributed by atoms with van der Waals surface area (Å²) in [5.74, 6) is -1.69. The average Bonchev–Trinajstić information content (AvgIpc) is 3.37. The van der Waals surface area contributed by atoms with Crippen molar-refractivity contribution in [3.8, 4) is 0 Å². The predicted molar refractivity (Wildman–Crippen MR) is 155 cm³/mol. The first kappa shape index (κ1) is 30.7. The first-order chi connectivity index (χ1) is 19.8. The number of hydrogen-bond acceptors (Lipinski definition) is 7. The standard InChI is InChI=1S/C28H32F3N7O3Si/c1-42(2,3)12-11-41-18-38-24-22(14-35-38)25(32)34-15-23(24)36-26(39)27(40)37(16-19-7-5-4-6-8-19)17-21-10-9-20(13-33-21)28(29,30)31/h4-10,13-15H,11-12,16-18H2,1-3H3,(H2,32,34)(H,36,39). The van der Waals surface area contributed by atoms with Crippen molar-refractivity contribution in [2.24, 2.45) is 0 Å². The van der Waals surface area contributed by atoms with Crippen LogP contribution in [-0.4, -0.2) is 51.1 Å². The van der Waals surface area contributed by atoms with E-state index in [1.165, 1.54) is 28.0 Å². The molecule has 0 radical (unpaired) electrons. The van der Waals surface area contributed by atoms with E-state index in [0.29, 0.717) is 23.7 Å². The number of carbonyl (C=O) groups excluding carboxylic acids is 2. The highest BCUT2D eigenvalue weighted by atomic mass is 28.3. The molecule has 0 saturated carbocycles. The van der Waals surface area contributed by atoms with Crippen LogP contribution < -0.4 is 11.1 Å². The van der Waals surface area contributed by atoms with Gasteiger partial charge in [0.25, 0.3) is 0 Å². The van der Waals surface area contributed by atoms with Crippen LogP contribution in [0.5, 0.6) is 0 Å². The second kappa shape index (κ2) is 12.7. The molecule has 42 heavy (non-hydrogen) atoms. The summed E-state index contributed by atoms with van der Waals surface area (Å²) >= 11 is 0. The Kier molecular flexibility index (Phi) is 9.26. The highest BCUT2D eigenvalue weighted by molar-refractivity contribution is 6.76. The summed E-state index contributed by atoms with van der Waals surface area (Å²) in [6.07, 6.45) is -1.00. The highest BCUT2D eigenvalue weighted by Crippen LogP contribution is 2.29. The van der Waals surface area contributed by atoms with E-state index >= 15 is 0 Å². The molecule has 10 nitrogen and oxygen atoms in total. The number of nitrogens with zero attached hydrogens (tertiary/aromatic N) is 5. The molecule has 4 rings (SSSR count). The first-order valence-electron chi connectivity index (χ1n) is 13.2. The average molecular weight is 600 g/mol. The van der Waals surface area contributed by atoms with E-state index in [0.717, 1.165) is 17.7 Å². The van der Waals surface area contributed by atoms with E-state index in [1.54, 1.807) is 30.3 Å². The second-order valence-electron chi connectivity index (χ2n) is 10.9. The van der Waals surface area contributed by atoms with Crippen LogP contribution in [0, 0.1) is 0 Å².